The van der Waals surface area contributed by atoms with Crippen molar-refractivity contribution in [2.24, 2.45) is 0 Å². The maximum Gasteiger partial charge on any atom is 0.281 e. The molecule has 0 radical (unpaired) electrons. The molecule has 2 aliphatic heterocycles. The van der Waals surface area contributed by atoms with Gasteiger partial charge in [-0.15, -0.1) is 0 Å². The van der Waals surface area contributed by atoms with Crippen LogP contribution in [0.3, 0.4) is 0 Å². The van der Waals surface area contributed by atoms with E-state index in [4.69, 9.17) is 9.15 Å². The summed E-state index contributed by atoms with van der Waals surface area (Å²) in [6.07, 6.45) is 6.18. The average Bonchev–Trinajstić information content (AvgIpc) is 3.41. The Bertz CT molecular complexity index is 1250. The number of thiazole rings is 1. The van der Waals surface area contributed by atoms with E-state index in [2.05, 4.69) is 26.3 Å². The number of fused-ring (bicyclic) bond motifs is 4. The standard InChI is InChI=1S/C24H24N4O3S/c1-14(29)26-16-10-17-5-6-18(11-16)28(17)13-20-9-15-4-7-19(12-22(15)30-20)31-24-27-21-3-2-8-25-23(21)32-24/h2-4,7-9,12,16-18H,5-6,10-11,13H2,1H3,(H,26,29)/t16?,17-,18?/m1/s1. The molecule has 0 spiro atoms. The molecule has 2 bridgehead atoms. The third-order valence-electron chi connectivity index (χ3n) is 6.52. The number of furan rings is 1. The molecule has 1 N–H and O–H groups in total. The monoisotopic (exact) mass is 448 g/mol. The molecular weight excluding hydrogens is 424 g/mol. The van der Waals surface area contributed by atoms with Crippen molar-refractivity contribution in [3.63, 3.8) is 0 Å². The van der Waals surface area contributed by atoms with Crippen LogP contribution >= 0.6 is 11.3 Å². The van der Waals surface area contributed by atoms with Crippen molar-refractivity contribution in [1.82, 2.24) is 20.2 Å². The number of carbonyl (C=O) groups is 1. The maximum atomic E-state index is 11.4. The van der Waals surface area contributed by atoms with Crippen molar-refractivity contribution in [3.05, 3.63) is 48.4 Å². The lowest BCUT2D eigenvalue weighted by Gasteiger charge is -2.38. The van der Waals surface area contributed by atoms with Crippen LogP contribution in [0.25, 0.3) is 21.3 Å². The summed E-state index contributed by atoms with van der Waals surface area (Å²) >= 11 is 1.43. The van der Waals surface area contributed by atoms with Crippen LogP contribution in [0.2, 0.25) is 0 Å². The lowest BCUT2D eigenvalue weighted by molar-refractivity contribution is -0.120. The van der Waals surface area contributed by atoms with Gasteiger partial charge in [-0.3, -0.25) is 9.69 Å². The fraction of sp³-hybridized carbons (Fsp3) is 0.375. The Morgan fingerprint density at radius 3 is 2.88 bits per heavy atom. The molecule has 4 aromatic rings. The fourth-order valence-electron chi connectivity index (χ4n) is 5.22. The fourth-order valence-corrected chi connectivity index (χ4v) is 6.00. The highest BCUT2D eigenvalue weighted by Gasteiger charge is 2.41. The summed E-state index contributed by atoms with van der Waals surface area (Å²) in [5, 5.41) is 4.75. The summed E-state index contributed by atoms with van der Waals surface area (Å²) in [6.45, 7) is 2.41. The molecule has 0 aliphatic carbocycles. The average molecular weight is 449 g/mol. The SMILES string of the molecule is CC(=O)NC1CC2CC[C@H](C1)N2Cc1cc2ccc(Oc3nc4cccnc4s3)cc2o1. The van der Waals surface area contributed by atoms with Crippen molar-refractivity contribution in [1.29, 1.82) is 0 Å². The lowest BCUT2D eigenvalue weighted by Crippen LogP contribution is -2.49. The van der Waals surface area contributed by atoms with Crippen LogP contribution in [-0.4, -0.2) is 38.9 Å². The first-order valence-corrected chi connectivity index (χ1v) is 11.9. The number of amides is 1. The summed E-state index contributed by atoms with van der Waals surface area (Å²) in [5.74, 6) is 1.74. The number of rotatable bonds is 5. The highest BCUT2D eigenvalue weighted by Crippen LogP contribution is 2.38. The molecule has 32 heavy (non-hydrogen) atoms. The van der Waals surface area contributed by atoms with E-state index >= 15 is 0 Å². The molecule has 2 unspecified atom stereocenters. The third-order valence-corrected chi connectivity index (χ3v) is 7.38. The van der Waals surface area contributed by atoms with E-state index in [1.807, 2.05) is 30.3 Å². The van der Waals surface area contributed by atoms with Crippen molar-refractivity contribution in [2.75, 3.05) is 0 Å². The predicted molar refractivity (Wildman–Crippen MR) is 123 cm³/mol. The first-order chi connectivity index (χ1) is 15.6. The van der Waals surface area contributed by atoms with Gasteiger partial charge in [-0.1, -0.05) is 11.3 Å². The molecule has 1 amide bonds. The third kappa shape index (κ3) is 3.73. The topological polar surface area (TPSA) is 80.5 Å². The van der Waals surface area contributed by atoms with E-state index in [-0.39, 0.29) is 5.91 Å². The van der Waals surface area contributed by atoms with Crippen molar-refractivity contribution in [2.45, 2.75) is 57.3 Å². The van der Waals surface area contributed by atoms with Crippen LogP contribution < -0.4 is 10.1 Å². The Labute approximate surface area is 189 Å². The number of carbonyl (C=O) groups excluding carboxylic acids is 1. The zero-order valence-electron chi connectivity index (χ0n) is 17.8. The van der Waals surface area contributed by atoms with E-state index in [1.54, 1.807) is 13.1 Å². The number of nitrogens with zero attached hydrogens (tertiary/aromatic N) is 3. The van der Waals surface area contributed by atoms with Gasteiger partial charge < -0.3 is 14.5 Å². The van der Waals surface area contributed by atoms with E-state index in [9.17, 15) is 4.79 Å². The number of piperidine rings is 1. The second kappa shape index (κ2) is 7.86. The number of nitrogens with one attached hydrogen (secondary N) is 1. The minimum absolute atomic E-state index is 0.0697. The number of benzene rings is 1. The smallest absolute Gasteiger partial charge is 0.281 e. The number of pyridine rings is 1. The van der Waals surface area contributed by atoms with Crippen LogP contribution in [0.4, 0.5) is 0 Å². The van der Waals surface area contributed by atoms with Crippen LogP contribution in [0.1, 0.15) is 38.4 Å². The van der Waals surface area contributed by atoms with Crippen LogP contribution in [0.5, 0.6) is 10.9 Å². The Kier molecular flexibility index (Phi) is 4.84. The van der Waals surface area contributed by atoms with Gasteiger partial charge in [0.2, 0.25) is 5.91 Å². The van der Waals surface area contributed by atoms with Gasteiger partial charge in [0, 0.05) is 42.7 Å². The summed E-state index contributed by atoms with van der Waals surface area (Å²) in [5.41, 5.74) is 1.66. The van der Waals surface area contributed by atoms with Crippen LogP contribution in [0.15, 0.2) is 47.0 Å². The van der Waals surface area contributed by atoms with Gasteiger partial charge in [0.25, 0.3) is 5.19 Å². The first-order valence-electron chi connectivity index (χ1n) is 11.1. The zero-order valence-corrected chi connectivity index (χ0v) is 18.6. The number of aromatic nitrogens is 2. The first kappa shape index (κ1) is 19.7. The quantitative estimate of drug-likeness (QED) is 0.470. The molecule has 6 rings (SSSR count). The molecule has 7 nitrogen and oxygen atoms in total. The van der Waals surface area contributed by atoms with Gasteiger partial charge in [0.15, 0.2) is 0 Å². The molecule has 3 atom stereocenters. The Morgan fingerprint density at radius 2 is 2.09 bits per heavy atom. The van der Waals surface area contributed by atoms with Crippen molar-refractivity contribution >= 4 is 38.6 Å². The molecule has 0 saturated carbocycles. The highest BCUT2D eigenvalue weighted by molar-refractivity contribution is 7.19. The zero-order chi connectivity index (χ0) is 21.7. The minimum atomic E-state index is 0.0697. The van der Waals surface area contributed by atoms with Crippen molar-refractivity contribution in [3.8, 4) is 10.9 Å². The molecule has 8 heteroatoms. The molecule has 2 saturated heterocycles. The molecule has 164 valence electrons. The van der Waals surface area contributed by atoms with Gasteiger partial charge >= 0.3 is 0 Å². The second-order valence-corrected chi connectivity index (χ2v) is 9.69. The summed E-state index contributed by atoms with van der Waals surface area (Å²) in [4.78, 5) is 23.7. The van der Waals surface area contributed by atoms with Gasteiger partial charge in [-0.25, -0.2) is 9.97 Å². The summed E-state index contributed by atoms with van der Waals surface area (Å²) < 4.78 is 12.2. The largest absolute Gasteiger partial charge is 0.460 e. The van der Waals surface area contributed by atoms with Crippen LogP contribution in [0, 0.1) is 0 Å². The molecule has 5 heterocycles. The molecular formula is C24H24N4O3S. The lowest BCUT2D eigenvalue weighted by atomic mass is 9.97. The number of hydrogen-bond donors (Lipinski definition) is 1. The molecule has 1 aromatic carbocycles. The maximum absolute atomic E-state index is 11.4. The highest BCUT2D eigenvalue weighted by atomic mass is 32.1. The van der Waals surface area contributed by atoms with E-state index in [0.29, 0.717) is 29.1 Å². The molecule has 2 fully saturated rings. The predicted octanol–water partition coefficient (Wildman–Crippen LogP) is 4.86. The molecule has 2 aliphatic rings. The van der Waals surface area contributed by atoms with Gasteiger partial charge in [0.05, 0.1) is 6.54 Å². The van der Waals surface area contributed by atoms with E-state index in [1.165, 1.54) is 24.2 Å². The Balaban J connectivity index is 1.17. The minimum Gasteiger partial charge on any atom is -0.460 e. The van der Waals surface area contributed by atoms with Crippen LogP contribution in [-0.2, 0) is 11.3 Å². The molecule has 3 aromatic heterocycles. The summed E-state index contributed by atoms with van der Waals surface area (Å²) in [7, 11) is 0. The van der Waals surface area contributed by atoms with Gasteiger partial charge in [-0.05, 0) is 56.0 Å². The van der Waals surface area contributed by atoms with E-state index in [0.717, 1.165) is 46.5 Å². The van der Waals surface area contributed by atoms with Gasteiger partial charge in [-0.2, -0.15) is 0 Å². The number of ether oxygens (including phenoxy) is 1. The normalized spacial score (nSPS) is 23.1. The Morgan fingerprint density at radius 1 is 1.25 bits per heavy atom. The van der Waals surface area contributed by atoms with Crippen molar-refractivity contribution < 1.29 is 13.9 Å². The summed E-state index contributed by atoms with van der Waals surface area (Å²) in [6, 6.07) is 13.1. The second-order valence-electron chi connectivity index (χ2n) is 8.75. The number of hydrogen-bond acceptors (Lipinski definition) is 7. The van der Waals surface area contributed by atoms with E-state index < -0.39 is 0 Å². The Hall–Kier alpha value is -2.97. The van der Waals surface area contributed by atoms with Gasteiger partial charge in [0.1, 0.15) is 27.4 Å².